The number of ether oxygens (including phenoxy) is 2. The number of benzene rings is 2. The number of nitrogens with zero attached hydrogens (tertiary/aromatic N) is 4. The van der Waals surface area contributed by atoms with Crippen molar-refractivity contribution in [1.29, 1.82) is 0 Å². The third-order valence-corrected chi connectivity index (χ3v) is 14.8. The van der Waals surface area contributed by atoms with E-state index in [4.69, 9.17) is 37.7 Å². The lowest BCUT2D eigenvalue weighted by Crippen LogP contribution is -2.51. The van der Waals surface area contributed by atoms with E-state index in [0.717, 1.165) is 42.4 Å². The van der Waals surface area contributed by atoms with Gasteiger partial charge in [0.2, 0.25) is 0 Å². The van der Waals surface area contributed by atoms with Crippen molar-refractivity contribution < 1.29 is 24.2 Å². The summed E-state index contributed by atoms with van der Waals surface area (Å²) < 4.78 is 12.8. The quantitative estimate of drug-likeness (QED) is 0.182. The largest absolute Gasteiger partial charge is 0.458 e. The Balaban J connectivity index is 0.953. The minimum Gasteiger partial charge on any atom is -0.458 e. The molecule has 0 bridgehead atoms. The molecule has 1 N–H and O–H groups in total. The number of cyclic esters (lactones) is 1. The molecule has 51 heavy (non-hydrogen) atoms. The van der Waals surface area contributed by atoms with Crippen molar-refractivity contribution in [3.05, 3.63) is 85.1 Å². The number of piperidine rings is 1. The van der Waals surface area contributed by atoms with Gasteiger partial charge in [-0.1, -0.05) is 48.3 Å². The summed E-state index contributed by atoms with van der Waals surface area (Å²) in [6.07, 6.45) is 2.23. The Labute approximate surface area is 307 Å². The Morgan fingerprint density at radius 3 is 2.49 bits per heavy atom. The average Bonchev–Trinajstić information content (AvgIpc) is 3.52. The maximum absolute atomic E-state index is 13.7. The van der Waals surface area contributed by atoms with Crippen molar-refractivity contribution in [1.82, 2.24) is 19.4 Å². The smallest absolute Gasteiger partial charge is 0.415 e. The lowest BCUT2D eigenvalue weighted by molar-refractivity contribution is -0.172. The number of rotatable bonds is 5. The molecule has 2 fully saturated rings. The Morgan fingerprint density at radius 1 is 1.02 bits per heavy atom. The summed E-state index contributed by atoms with van der Waals surface area (Å²) in [5.74, 6) is -0.295. The minimum absolute atomic E-state index is 0.0847. The number of fused-ring (bicyclic) bond motifs is 5. The number of amides is 1. The second kappa shape index (κ2) is 13.3. The van der Waals surface area contributed by atoms with Crippen LogP contribution in [0.5, 0.6) is 5.75 Å². The number of likely N-dealkylation sites (tertiary alicyclic amines) is 1. The standard InChI is InChI=1S/C38H39Cl2N4O6Si/c1-3-25-26-17-23(50-37(47)43-11-9-22(10-12-43)42-13-15-51(16-14-42)24-6-7-30(39)31(40)18-24)5-8-32(26)41-34-27(25)20-44-33(34)19-29-28(35(44)45)21-49-36(46)38(29,48)4-2/h5-8,17-19,22,48H,3-4,9-16,20-21H2,1-2H3. The van der Waals surface area contributed by atoms with Crippen LogP contribution >= 0.6 is 23.2 Å². The van der Waals surface area contributed by atoms with Gasteiger partial charge in [0, 0.05) is 35.6 Å². The van der Waals surface area contributed by atoms with E-state index >= 15 is 0 Å². The van der Waals surface area contributed by atoms with Crippen molar-refractivity contribution in [2.75, 3.05) is 26.2 Å². The molecule has 4 aliphatic heterocycles. The molecule has 1 atom stereocenters. The zero-order chi connectivity index (χ0) is 35.6. The Kier molecular flexibility index (Phi) is 8.99. The molecule has 1 radical (unpaired) electrons. The fourth-order valence-corrected chi connectivity index (χ4v) is 11.3. The predicted molar refractivity (Wildman–Crippen MR) is 198 cm³/mol. The fourth-order valence-electron chi connectivity index (χ4n) is 8.35. The molecule has 4 aliphatic rings. The molecule has 1 unspecified atom stereocenters. The van der Waals surface area contributed by atoms with Crippen LogP contribution in [0.2, 0.25) is 22.1 Å². The highest BCUT2D eigenvalue weighted by Crippen LogP contribution is 2.41. The molecule has 13 heteroatoms. The van der Waals surface area contributed by atoms with E-state index in [1.165, 1.54) is 17.3 Å². The van der Waals surface area contributed by atoms with E-state index in [0.29, 0.717) is 75.9 Å². The third kappa shape index (κ3) is 5.87. The molecule has 4 aromatic rings. The monoisotopic (exact) mass is 745 g/mol. The molecular weight excluding hydrogens is 707 g/mol. The molecule has 10 nitrogen and oxygen atoms in total. The second-order valence-corrected chi connectivity index (χ2v) is 17.5. The summed E-state index contributed by atoms with van der Waals surface area (Å²) in [7, 11) is -0.657. The molecule has 0 spiro atoms. The molecule has 2 saturated heterocycles. The number of carbonyl (C=O) groups excluding carboxylic acids is 2. The van der Waals surface area contributed by atoms with Crippen molar-refractivity contribution in [3.8, 4) is 17.1 Å². The summed E-state index contributed by atoms with van der Waals surface area (Å²) in [4.78, 5) is 48.9. The molecular formula is C38H39Cl2N4O6Si. The molecule has 0 saturated carbocycles. The molecule has 8 rings (SSSR count). The number of aromatic nitrogens is 2. The highest BCUT2D eigenvalue weighted by molar-refractivity contribution is 6.73. The van der Waals surface area contributed by atoms with Gasteiger partial charge in [-0.25, -0.2) is 14.6 Å². The van der Waals surface area contributed by atoms with Crippen LogP contribution in [0.15, 0.2) is 47.3 Å². The van der Waals surface area contributed by atoms with Crippen LogP contribution in [0.3, 0.4) is 0 Å². The third-order valence-electron chi connectivity index (χ3n) is 11.3. The topological polar surface area (TPSA) is 114 Å². The number of pyridine rings is 2. The maximum atomic E-state index is 13.7. The van der Waals surface area contributed by atoms with E-state index in [1.54, 1.807) is 28.5 Å². The van der Waals surface area contributed by atoms with Crippen LogP contribution in [0.25, 0.3) is 22.3 Å². The Hall–Kier alpha value is -3.74. The first kappa shape index (κ1) is 34.3. The minimum atomic E-state index is -1.88. The predicted octanol–water partition coefficient (Wildman–Crippen LogP) is 5.63. The van der Waals surface area contributed by atoms with E-state index in [9.17, 15) is 19.5 Å². The number of hydrogen-bond acceptors (Lipinski definition) is 8. The van der Waals surface area contributed by atoms with Crippen molar-refractivity contribution in [2.45, 2.75) is 76.4 Å². The summed E-state index contributed by atoms with van der Waals surface area (Å²) >= 11 is 12.4. The molecule has 2 aromatic carbocycles. The van der Waals surface area contributed by atoms with Crippen LogP contribution in [0.4, 0.5) is 4.79 Å². The summed E-state index contributed by atoms with van der Waals surface area (Å²) in [6.45, 7) is 7.31. The van der Waals surface area contributed by atoms with Gasteiger partial charge in [0.1, 0.15) is 12.4 Å². The van der Waals surface area contributed by atoms with Gasteiger partial charge in [-0.2, -0.15) is 0 Å². The van der Waals surface area contributed by atoms with Crippen LogP contribution in [0, 0.1) is 0 Å². The first-order chi connectivity index (χ1) is 24.6. The summed E-state index contributed by atoms with van der Waals surface area (Å²) in [5.41, 5.74) is 2.27. The number of hydrogen-bond donors (Lipinski definition) is 1. The van der Waals surface area contributed by atoms with Crippen LogP contribution in [0.1, 0.15) is 55.4 Å². The van der Waals surface area contributed by atoms with E-state index in [-0.39, 0.29) is 24.7 Å². The van der Waals surface area contributed by atoms with E-state index < -0.39 is 20.4 Å². The van der Waals surface area contributed by atoms with Gasteiger partial charge in [0.05, 0.1) is 47.9 Å². The van der Waals surface area contributed by atoms with Gasteiger partial charge in [0.25, 0.3) is 5.56 Å². The molecule has 265 valence electrons. The highest BCUT2D eigenvalue weighted by atomic mass is 35.5. The molecule has 1 amide bonds. The molecule has 0 aliphatic carbocycles. The van der Waals surface area contributed by atoms with Gasteiger partial charge in [-0.15, -0.1) is 0 Å². The van der Waals surface area contributed by atoms with Gasteiger partial charge in [0.15, 0.2) is 5.60 Å². The van der Waals surface area contributed by atoms with E-state index in [2.05, 4.69) is 11.0 Å². The van der Waals surface area contributed by atoms with Crippen LogP contribution in [-0.2, 0) is 34.7 Å². The van der Waals surface area contributed by atoms with Crippen molar-refractivity contribution in [3.63, 3.8) is 0 Å². The van der Waals surface area contributed by atoms with Crippen molar-refractivity contribution in [2.24, 2.45) is 0 Å². The normalized spacial score (nSPS) is 21.0. The van der Waals surface area contributed by atoms with Gasteiger partial charge in [-0.3, -0.25) is 4.79 Å². The van der Waals surface area contributed by atoms with Crippen LogP contribution in [-0.4, -0.2) is 77.5 Å². The molecule has 2 aromatic heterocycles. The van der Waals surface area contributed by atoms with Gasteiger partial charge in [-0.05, 0) is 92.8 Å². The SMILES string of the molecule is CCc1c2c(nc3ccc(OC(=O)N4CCC(N5CC[Si](c6ccc(Cl)c(Cl)c6)CC5)CC4)cc13)-c1cc3c(c(=O)n1C2)COC(=O)C3(O)CC. The zero-order valence-corrected chi connectivity index (χ0v) is 31.1. The summed E-state index contributed by atoms with van der Waals surface area (Å²) in [6, 6.07) is 16.1. The number of esters is 1. The lowest BCUT2D eigenvalue weighted by atomic mass is 9.86. The number of carbonyl (C=O) groups is 2. The lowest BCUT2D eigenvalue weighted by Gasteiger charge is -2.41. The second-order valence-electron chi connectivity index (χ2n) is 13.9. The van der Waals surface area contributed by atoms with Crippen molar-refractivity contribution >= 4 is 60.2 Å². The number of halogens is 2. The molecule has 6 heterocycles. The number of aliphatic hydroxyl groups is 1. The first-order valence-corrected chi connectivity index (χ1v) is 20.4. The highest BCUT2D eigenvalue weighted by Gasteiger charge is 2.45. The van der Waals surface area contributed by atoms with Gasteiger partial charge < -0.3 is 28.9 Å². The zero-order valence-electron chi connectivity index (χ0n) is 28.6. The number of aryl methyl sites for hydroxylation is 1. The van der Waals surface area contributed by atoms with Gasteiger partial charge >= 0.3 is 12.1 Å². The summed E-state index contributed by atoms with van der Waals surface area (Å²) in [5, 5.41) is 14.7. The maximum Gasteiger partial charge on any atom is 0.415 e. The van der Waals surface area contributed by atoms with Crippen LogP contribution < -0.4 is 15.5 Å². The average molecular weight is 747 g/mol. The fraction of sp³-hybridized carbons (Fsp3) is 0.421. The Bertz CT molecular complexity index is 2140. The van der Waals surface area contributed by atoms with E-state index in [1.807, 2.05) is 31.2 Å². The Morgan fingerprint density at radius 2 is 1.78 bits per heavy atom. The first-order valence-electron chi connectivity index (χ1n) is 17.7.